The maximum atomic E-state index is 5.39. The van der Waals surface area contributed by atoms with Crippen molar-refractivity contribution >= 4 is 5.82 Å². The van der Waals surface area contributed by atoms with Crippen molar-refractivity contribution in [2.24, 2.45) is 0 Å². The topological polar surface area (TPSA) is 46.6 Å². The number of ether oxygens (including phenoxy) is 2. The van der Waals surface area contributed by atoms with E-state index in [0.717, 1.165) is 51.4 Å². The number of hydrogen-bond acceptors (Lipinski definition) is 5. The Balaban J connectivity index is 1.79. The van der Waals surface area contributed by atoms with E-state index in [9.17, 15) is 0 Å². The number of aromatic nitrogens is 1. The van der Waals surface area contributed by atoms with Crippen molar-refractivity contribution in [3.8, 4) is 0 Å². The highest BCUT2D eigenvalue weighted by Gasteiger charge is 2.19. The summed E-state index contributed by atoms with van der Waals surface area (Å²) >= 11 is 0. The highest BCUT2D eigenvalue weighted by Crippen LogP contribution is 2.19. The monoisotopic (exact) mass is 279 g/mol. The molecule has 0 atom stereocenters. The SMILES string of the molecule is COCCNCc1ccc(N2CCC(OC)CC2)nc1. The first-order chi connectivity index (χ1) is 9.83. The molecule has 20 heavy (non-hydrogen) atoms. The molecule has 0 amide bonds. The predicted molar refractivity (Wildman–Crippen MR) is 80.1 cm³/mol. The van der Waals surface area contributed by atoms with E-state index >= 15 is 0 Å². The second-order valence-corrected chi connectivity index (χ2v) is 5.12. The van der Waals surface area contributed by atoms with Crippen molar-refractivity contribution in [1.29, 1.82) is 0 Å². The molecule has 5 heteroatoms. The van der Waals surface area contributed by atoms with Crippen molar-refractivity contribution in [3.63, 3.8) is 0 Å². The quantitative estimate of drug-likeness (QED) is 0.765. The van der Waals surface area contributed by atoms with Gasteiger partial charge in [-0.3, -0.25) is 0 Å². The van der Waals surface area contributed by atoms with Crippen LogP contribution in [0.15, 0.2) is 18.3 Å². The van der Waals surface area contributed by atoms with Gasteiger partial charge in [0.1, 0.15) is 5.82 Å². The van der Waals surface area contributed by atoms with Crippen LogP contribution in [0.5, 0.6) is 0 Å². The summed E-state index contributed by atoms with van der Waals surface area (Å²) in [7, 11) is 3.51. The van der Waals surface area contributed by atoms with Gasteiger partial charge in [0, 0.05) is 46.6 Å². The van der Waals surface area contributed by atoms with Gasteiger partial charge >= 0.3 is 0 Å². The third-order valence-electron chi connectivity index (χ3n) is 3.72. The van der Waals surface area contributed by atoms with Gasteiger partial charge in [0.25, 0.3) is 0 Å². The number of nitrogens with one attached hydrogen (secondary N) is 1. The van der Waals surface area contributed by atoms with E-state index in [1.807, 2.05) is 6.20 Å². The van der Waals surface area contributed by atoms with Crippen molar-refractivity contribution in [1.82, 2.24) is 10.3 Å². The highest BCUT2D eigenvalue weighted by molar-refractivity contribution is 5.39. The lowest BCUT2D eigenvalue weighted by atomic mass is 10.1. The van der Waals surface area contributed by atoms with Gasteiger partial charge < -0.3 is 19.7 Å². The number of nitrogens with zero attached hydrogens (tertiary/aromatic N) is 2. The summed E-state index contributed by atoms with van der Waals surface area (Å²) in [6, 6.07) is 4.25. The van der Waals surface area contributed by atoms with Gasteiger partial charge in [-0.05, 0) is 24.5 Å². The molecule has 1 aliphatic rings. The number of hydrogen-bond donors (Lipinski definition) is 1. The molecule has 1 aromatic heterocycles. The van der Waals surface area contributed by atoms with Gasteiger partial charge in [-0.15, -0.1) is 0 Å². The fourth-order valence-electron chi connectivity index (χ4n) is 2.44. The van der Waals surface area contributed by atoms with Gasteiger partial charge in [0.2, 0.25) is 0 Å². The normalized spacial score (nSPS) is 16.6. The molecule has 1 aromatic rings. The van der Waals surface area contributed by atoms with Crippen molar-refractivity contribution < 1.29 is 9.47 Å². The highest BCUT2D eigenvalue weighted by atomic mass is 16.5. The standard InChI is InChI=1S/C15H25N3O2/c1-19-10-7-16-11-13-3-4-15(17-12-13)18-8-5-14(20-2)6-9-18/h3-4,12,14,16H,5-11H2,1-2H3. The van der Waals surface area contributed by atoms with Crippen molar-refractivity contribution in [2.75, 3.05) is 45.4 Å². The van der Waals surface area contributed by atoms with Crippen LogP contribution >= 0.6 is 0 Å². The van der Waals surface area contributed by atoms with Crippen LogP contribution < -0.4 is 10.2 Å². The third kappa shape index (κ3) is 4.44. The van der Waals surface area contributed by atoms with Crippen LogP contribution in [0.4, 0.5) is 5.82 Å². The Morgan fingerprint density at radius 1 is 1.30 bits per heavy atom. The Bertz CT molecular complexity index is 375. The average Bonchev–Trinajstić information content (AvgIpc) is 2.52. The Hall–Kier alpha value is -1.17. The summed E-state index contributed by atoms with van der Waals surface area (Å²) in [6.07, 6.45) is 4.53. The molecule has 0 aliphatic carbocycles. The first kappa shape index (κ1) is 15.2. The molecular formula is C15H25N3O2. The lowest BCUT2D eigenvalue weighted by molar-refractivity contribution is 0.0818. The minimum absolute atomic E-state index is 0.413. The Morgan fingerprint density at radius 2 is 2.10 bits per heavy atom. The minimum atomic E-state index is 0.413. The summed E-state index contributed by atoms with van der Waals surface area (Å²) < 4.78 is 10.4. The number of piperidine rings is 1. The lowest BCUT2D eigenvalue weighted by Gasteiger charge is -2.32. The molecular weight excluding hydrogens is 254 g/mol. The molecule has 1 aliphatic heterocycles. The van der Waals surface area contributed by atoms with Crippen LogP contribution in [0.3, 0.4) is 0 Å². The second kappa shape index (κ2) is 8.19. The lowest BCUT2D eigenvalue weighted by Crippen LogP contribution is -2.37. The largest absolute Gasteiger partial charge is 0.383 e. The van der Waals surface area contributed by atoms with Crippen LogP contribution in [0, 0.1) is 0 Å². The van der Waals surface area contributed by atoms with Crippen LogP contribution in [-0.2, 0) is 16.0 Å². The summed E-state index contributed by atoms with van der Waals surface area (Å²) in [5, 5.41) is 3.32. The number of anilines is 1. The fraction of sp³-hybridized carbons (Fsp3) is 0.667. The Kier molecular flexibility index (Phi) is 6.24. The molecule has 5 nitrogen and oxygen atoms in total. The molecule has 0 saturated carbocycles. The van der Waals surface area contributed by atoms with Crippen LogP contribution in [-0.4, -0.2) is 51.5 Å². The maximum absolute atomic E-state index is 5.39. The first-order valence-electron chi connectivity index (χ1n) is 7.26. The average molecular weight is 279 g/mol. The van der Waals surface area contributed by atoms with Gasteiger partial charge in [0.05, 0.1) is 12.7 Å². The first-order valence-corrected chi connectivity index (χ1v) is 7.26. The molecule has 0 aromatic carbocycles. The van der Waals surface area contributed by atoms with E-state index in [1.165, 1.54) is 5.56 Å². The van der Waals surface area contributed by atoms with E-state index in [0.29, 0.717) is 6.10 Å². The van der Waals surface area contributed by atoms with E-state index in [4.69, 9.17) is 9.47 Å². The Labute approximate surface area is 121 Å². The molecule has 112 valence electrons. The summed E-state index contributed by atoms with van der Waals surface area (Å²) in [5.74, 6) is 1.07. The van der Waals surface area contributed by atoms with Crippen molar-refractivity contribution in [3.05, 3.63) is 23.9 Å². The minimum Gasteiger partial charge on any atom is -0.383 e. The Morgan fingerprint density at radius 3 is 2.70 bits per heavy atom. The van der Waals surface area contributed by atoms with E-state index < -0.39 is 0 Å². The molecule has 0 unspecified atom stereocenters. The summed E-state index contributed by atoms with van der Waals surface area (Å²) in [5.41, 5.74) is 1.21. The summed E-state index contributed by atoms with van der Waals surface area (Å²) in [6.45, 7) is 4.49. The molecule has 1 N–H and O–H groups in total. The zero-order chi connectivity index (χ0) is 14.2. The smallest absolute Gasteiger partial charge is 0.128 e. The van der Waals surface area contributed by atoms with E-state index in [1.54, 1.807) is 14.2 Å². The van der Waals surface area contributed by atoms with Crippen LogP contribution in [0.1, 0.15) is 18.4 Å². The predicted octanol–water partition coefficient (Wildman–Crippen LogP) is 1.43. The van der Waals surface area contributed by atoms with Crippen LogP contribution in [0.25, 0.3) is 0 Å². The molecule has 0 radical (unpaired) electrons. The molecule has 0 spiro atoms. The van der Waals surface area contributed by atoms with Gasteiger partial charge in [-0.2, -0.15) is 0 Å². The van der Waals surface area contributed by atoms with Crippen molar-refractivity contribution in [2.45, 2.75) is 25.5 Å². The van der Waals surface area contributed by atoms with E-state index in [-0.39, 0.29) is 0 Å². The zero-order valence-electron chi connectivity index (χ0n) is 12.5. The number of rotatable bonds is 7. The molecule has 0 bridgehead atoms. The fourth-order valence-corrected chi connectivity index (χ4v) is 2.44. The number of methoxy groups -OCH3 is 2. The van der Waals surface area contributed by atoms with Gasteiger partial charge in [-0.1, -0.05) is 6.07 Å². The van der Waals surface area contributed by atoms with Crippen LogP contribution in [0.2, 0.25) is 0 Å². The summed E-state index contributed by atoms with van der Waals surface area (Å²) in [4.78, 5) is 6.90. The third-order valence-corrected chi connectivity index (χ3v) is 3.72. The van der Waals surface area contributed by atoms with E-state index in [2.05, 4.69) is 27.3 Å². The molecule has 2 rings (SSSR count). The molecule has 1 fully saturated rings. The van der Waals surface area contributed by atoms with Gasteiger partial charge in [0.15, 0.2) is 0 Å². The zero-order valence-corrected chi connectivity index (χ0v) is 12.5. The second-order valence-electron chi connectivity index (χ2n) is 5.12. The van der Waals surface area contributed by atoms with Gasteiger partial charge in [-0.25, -0.2) is 4.98 Å². The number of pyridine rings is 1. The molecule has 2 heterocycles. The maximum Gasteiger partial charge on any atom is 0.128 e. The molecule has 1 saturated heterocycles.